The Morgan fingerprint density at radius 2 is 2.00 bits per heavy atom. The summed E-state index contributed by atoms with van der Waals surface area (Å²) in [7, 11) is 0. The molecule has 1 aromatic carbocycles. The molecule has 1 aromatic heterocycles. The van der Waals surface area contributed by atoms with Crippen LogP contribution in [0.1, 0.15) is 43.1 Å². The van der Waals surface area contributed by atoms with Crippen molar-refractivity contribution in [2.45, 2.75) is 32.2 Å². The molecule has 6 nitrogen and oxygen atoms in total. The van der Waals surface area contributed by atoms with Gasteiger partial charge < -0.3 is 20.5 Å². The van der Waals surface area contributed by atoms with Crippen LogP contribution in [0.3, 0.4) is 0 Å². The lowest BCUT2D eigenvalue weighted by atomic mass is 10.1. The maximum Gasteiger partial charge on any atom is 0.243 e. The first-order chi connectivity index (χ1) is 8.97. The highest BCUT2D eigenvalue weighted by Gasteiger charge is 2.17. The van der Waals surface area contributed by atoms with E-state index in [0.29, 0.717) is 18.1 Å². The van der Waals surface area contributed by atoms with Gasteiger partial charge in [-0.15, -0.1) is 0 Å². The van der Waals surface area contributed by atoms with Crippen LogP contribution < -0.4 is 5.73 Å². The molecule has 0 aliphatic carbocycles. The molecule has 0 saturated heterocycles. The summed E-state index contributed by atoms with van der Waals surface area (Å²) >= 11 is 0. The predicted molar refractivity (Wildman–Crippen MR) is 68.8 cm³/mol. The third-order valence-electron chi connectivity index (χ3n) is 2.79. The fraction of sp³-hybridized carbons (Fsp3) is 0.385. The van der Waals surface area contributed by atoms with E-state index in [1.807, 2.05) is 13.8 Å². The van der Waals surface area contributed by atoms with Crippen molar-refractivity contribution < 1.29 is 14.7 Å². The zero-order valence-electron chi connectivity index (χ0n) is 10.9. The van der Waals surface area contributed by atoms with Crippen molar-refractivity contribution in [2.75, 3.05) is 0 Å². The van der Waals surface area contributed by atoms with E-state index in [0.717, 1.165) is 5.56 Å². The molecule has 4 N–H and O–H groups in total. The minimum absolute atomic E-state index is 0.155. The number of rotatable bonds is 4. The Bertz CT molecular complexity index is 566. The van der Waals surface area contributed by atoms with Crippen molar-refractivity contribution in [2.24, 2.45) is 5.73 Å². The smallest absolute Gasteiger partial charge is 0.243 e. The van der Waals surface area contributed by atoms with Crippen LogP contribution in [0.25, 0.3) is 0 Å². The highest BCUT2D eigenvalue weighted by atomic mass is 16.5. The Balaban J connectivity index is 2.11. The van der Waals surface area contributed by atoms with Crippen molar-refractivity contribution >= 4 is 0 Å². The van der Waals surface area contributed by atoms with Gasteiger partial charge in [-0.3, -0.25) is 0 Å². The number of hydrogen-bond donors (Lipinski definition) is 3. The molecule has 0 saturated carbocycles. The van der Waals surface area contributed by atoms with Crippen molar-refractivity contribution in [1.29, 1.82) is 0 Å². The van der Waals surface area contributed by atoms with Crippen LogP contribution >= 0.6 is 0 Å². The fourth-order valence-corrected chi connectivity index (χ4v) is 1.67. The Hall–Kier alpha value is -2.08. The molecule has 0 spiro atoms. The summed E-state index contributed by atoms with van der Waals surface area (Å²) in [5, 5.41) is 22.5. The highest BCUT2D eigenvalue weighted by Crippen LogP contribution is 2.26. The molecule has 1 atom stereocenters. The zero-order chi connectivity index (χ0) is 14.0. The van der Waals surface area contributed by atoms with Crippen LogP contribution in [0.5, 0.6) is 11.5 Å². The molecule has 0 aliphatic heterocycles. The third-order valence-corrected chi connectivity index (χ3v) is 2.79. The Labute approximate surface area is 110 Å². The van der Waals surface area contributed by atoms with Gasteiger partial charge >= 0.3 is 0 Å². The summed E-state index contributed by atoms with van der Waals surface area (Å²) in [5.74, 6) is 0.855. The van der Waals surface area contributed by atoms with E-state index in [2.05, 4.69) is 10.1 Å². The summed E-state index contributed by atoms with van der Waals surface area (Å²) in [6.07, 6.45) is 0.438. The molecule has 0 amide bonds. The summed E-state index contributed by atoms with van der Waals surface area (Å²) < 4.78 is 5.12. The fourth-order valence-electron chi connectivity index (χ4n) is 1.67. The molecule has 2 aromatic rings. The zero-order valence-corrected chi connectivity index (χ0v) is 10.9. The summed E-state index contributed by atoms with van der Waals surface area (Å²) in [6, 6.07) is 4.14. The maximum absolute atomic E-state index is 9.42. The highest BCUT2D eigenvalue weighted by molar-refractivity contribution is 5.40. The topological polar surface area (TPSA) is 105 Å². The number of nitrogens with two attached hydrogens (primary N) is 1. The van der Waals surface area contributed by atoms with Gasteiger partial charge in [0.1, 0.15) is 0 Å². The lowest BCUT2D eigenvalue weighted by Gasteiger charge is -2.07. The number of nitrogens with zero attached hydrogens (tertiary/aromatic N) is 2. The first-order valence-corrected chi connectivity index (χ1v) is 6.07. The molecule has 2 rings (SSSR count). The van der Waals surface area contributed by atoms with Gasteiger partial charge in [-0.1, -0.05) is 25.1 Å². The van der Waals surface area contributed by atoms with E-state index in [4.69, 9.17) is 10.3 Å². The van der Waals surface area contributed by atoms with Gasteiger partial charge in [-0.25, -0.2) is 0 Å². The molecule has 102 valence electrons. The van der Waals surface area contributed by atoms with Crippen molar-refractivity contribution in [3.05, 3.63) is 35.5 Å². The van der Waals surface area contributed by atoms with Crippen molar-refractivity contribution in [3.8, 4) is 11.5 Å². The minimum Gasteiger partial charge on any atom is -0.504 e. The summed E-state index contributed by atoms with van der Waals surface area (Å²) in [4.78, 5) is 4.23. The molecule has 0 fully saturated rings. The number of aromatic nitrogens is 2. The largest absolute Gasteiger partial charge is 0.504 e. The van der Waals surface area contributed by atoms with Gasteiger partial charge in [0, 0.05) is 5.92 Å². The molecular weight excluding hydrogens is 246 g/mol. The van der Waals surface area contributed by atoms with Gasteiger partial charge in [0.2, 0.25) is 5.89 Å². The second-order valence-electron chi connectivity index (χ2n) is 4.78. The third kappa shape index (κ3) is 3.03. The quantitative estimate of drug-likeness (QED) is 0.727. The predicted octanol–water partition coefficient (Wildman–Crippen LogP) is 1.85. The summed E-state index contributed by atoms with van der Waals surface area (Å²) in [6.45, 7) is 3.94. The number of aromatic hydroxyl groups is 2. The molecule has 19 heavy (non-hydrogen) atoms. The number of phenolic OH excluding ortho intramolecular Hbond substituents is 2. The molecule has 0 bridgehead atoms. The van der Waals surface area contributed by atoms with Crippen LogP contribution in [-0.2, 0) is 6.42 Å². The Morgan fingerprint density at radius 1 is 1.26 bits per heavy atom. The summed E-state index contributed by atoms with van der Waals surface area (Å²) in [5.41, 5.74) is 6.77. The average Bonchev–Trinajstić information content (AvgIpc) is 2.83. The molecule has 0 radical (unpaired) electrons. The number of benzene rings is 1. The van der Waals surface area contributed by atoms with Gasteiger partial charge in [0.25, 0.3) is 0 Å². The normalized spacial score (nSPS) is 12.8. The monoisotopic (exact) mass is 263 g/mol. The van der Waals surface area contributed by atoms with E-state index in [1.54, 1.807) is 6.07 Å². The SMILES string of the molecule is CC(C)c1noc(C(N)Cc2ccc(O)c(O)c2)n1. The van der Waals surface area contributed by atoms with Gasteiger partial charge in [0.05, 0.1) is 6.04 Å². The van der Waals surface area contributed by atoms with Crippen molar-refractivity contribution in [1.82, 2.24) is 10.1 Å². The lowest BCUT2D eigenvalue weighted by molar-refractivity contribution is 0.348. The molecule has 0 aliphatic rings. The first kappa shape index (κ1) is 13.4. The van der Waals surface area contributed by atoms with E-state index < -0.39 is 6.04 Å². The Morgan fingerprint density at radius 3 is 2.58 bits per heavy atom. The van der Waals surface area contributed by atoms with Crippen LogP contribution in [-0.4, -0.2) is 20.4 Å². The molecule has 1 heterocycles. The van der Waals surface area contributed by atoms with E-state index in [-0.39, 0.29) is 17.4 Å². The number of hydrogen-bond acceptors (Lipinski definition) is 6. The number of phenols is 2. The van der Waals surface area contributed by atoms with Gasteiger partial charge in [0.15, 0.2) is 17.3 Å². The van der Waals surface area contributed by atoms with E-state index in [1.165, 1.54) is 12.1 Å². The van der Waals surface area contributed by atoms with Crippen LogP contribution in [0, 0.1) is 0 Å². The molecule has 1 unspecified atom stereocenters. The van der Waals surface area contributed by atoms with Gasteiger partial charge in [-0.05, 0) is 24.1 Å². The van der Waals surface area contributed by atoms with Crippen molar-refractivity contribution in [3.63, 3.8) is 0 Å². The van der Waals surface area contributed by atoms with Crippen LogP contribution in [0.2, 0.25) is 0 Å². The minimum atomic E-state index is -0.441. The lowest BCUT2D eigenvalue weighted by Crippen LogP contribution is -2.14. The molecule has 6 heteroatoms. The van der Waals surface area contributed by atoms with E-state index in [9.17, 15) is 10.2 Å². The second kappa shape index (κ2) is 5.27. The van der Waals surface area contributed by atoms with Crippen LogP contribution in [0.4, 0.5) is 0 Å². The Kier molecular flexibility index (Phi) is 3.71. The standard InChI is InChI=1S/C13H17N3O3/c1-7(2)12-15-13(19-16-12)9(14)5-8-3-4-10(17)11(18)6-8/h3-4,6-7,9,17-18H,5,14H2,1-2H3. The first-order valence-electron chi connectivity index (χ1n) is 6.07. The molecular formula is C13H17N3O3. The van der Waals surface area contributed by atoms with E-state index >= 15 is 0 Å². The average molecular weight is 263 g/mol. The van der Waals surface area contributed by atoms with Gasteiger partial charge in [-0.2, -0.15) is 4.98 Å². The van der Waals surface area contributed by atoms with Crippen LogP contribution in [0.15, 0.2) is 22.7 Å². The second-order valence-corrected chi connectivity index (χ2v) is 4.78. The maximum atomic E-state index is 9.42.